The minimum absolute atomic E-state index is 0.304. The number of ether oxygens (including phenoxy) is 3. The standard InChI is InChI=1S/C28H29N3O3/c1-18-30-25-7-4-12-29-28(25)31(18)22-5-3-6-24(15-22)33-17-21-10-11-23(32-2)16-27(21)34-26-14-19-8-9-20(26)13-19/h3-7,10-12,15-16,19-20,26H,8-9,13-14,17H2,1-2H3. The number of benzene rings is 2. The third-order valence-electron chi connectivity index (χ3n) is 7.28. The van der Waals surface area contributed by atoms with Gasteiger partial charge in [-0.15, -0.1) is 0 Å². The molecule has 6 rings (SSSR count). The highest BCUT2D eigenvalue weighted by atomic mass is 16.5. The molecule has 6 heteroatoms. The molecule has 2 saturated carbocycles. The third kappa shape index (κ3) is 3.87. The lowest BCUT2D eigenvalue weighted by molar-refractivity contribution is 0.134. The Morgan fingerprint density at radius 2 is 1.94 bits per heavy atom. The first kappa shape index (κ1) is 21.0. The van der Waals surface area contributed by atoms with Crippen molar-refractivity contribution in [3.05, 3.63) is 72.2 Å². The largest absolute Gasteiger partial charge is 0.497 e. The maximum atomic E-state index is 6.54. The number of rotatable bonds is 7. The van der Waals surface area contributed by atoms with Crippen LogP contribution in [0.2, 0.25) is 0 Å². The molecule has 6 nitrogen and oxygen atoms in total. The summed E-state index contributed by atoms with van der Waals surface area (Å²) >= 11 is 0. The van der Waals surface area contributed by atoms with Crippen LogP contribution in [0.25, 0.3) is 16.9 Å². The van der Waals surface area contributed by atoms with Gasteiger partial charge in [-0.1, -0.05) is 6.07 Å². The Hall–Kier alpha value is -3.54. The second-order valence-corrected chi connectivity index (χ2v) is 9.43. The van der Waals surface area contributed by atoms with Gasteiger partial charge in [0.1, 0.15) is 41.3 Å². The highest BCUT2D eigenvalue weighted by molar-refractivity contribution is 5.73. The molecule has 2 aliphatic carbocycles. The van der Waals surface area contributed by atoms with E-state index in [9.17, 15) is 0 Å². The van der Waals surface area contributed by atoms with E-state index in [1.54, 1.807) is 13.3 Å². The van der Waals surface area contributed by atoms with Crippen molar-refractivity contribution >= 4 is 11.2 Å². The fraction of sp³-hybridized carbons (Fsp3) is 0.357. The number of methoxy groups -OCH3 is 1. The maximum Gasteiger partial charge on any atom is 0.164 e. The van der Waals surface area contributed by atoms with Gasteiger partial charge in [0, 0.05) is 23.9 Å². The predicted molar refractivity (Wildman–Crippen MR) is 131 cm³/mol. The van der Waals surface area contributed by atoms with Crippen LogP contribution in [0.1, 0.15) is 37.1 Å². The van der Waals surface area contributed by atoms with Gasteiger partial charge in [-0.3, -0.25) is 4.57 Å². The van der Waals surface area contributed by atoms with Crippen molar-refractivity contribution in [1.29, 1.82) is 0 Å². The average Bonchev–Trinajstić information content (AvgIpc) is 3.57. The van der Waals surface area contributed by atoms with Crippen LogP contribution in [0.15, 0.2) is 60.8 Å². The molecular weight excluding hydrogens is 426 g/mol. The van der Waals surface area contributed by atoms with Crippen LogP contribution in [-0.4, -0.2) is 27.7 Å². The van der Waals surface area contributed by atoms with E-state index in [2.05, 4.69) is 14.5 Å². The molecule has 0 radical (unpaired) electrons. The van der Waals surface area contributed by atoms with Crippen LogP contribution >= 0.6 is 0 Å². The van der Waals surface area contributed by atoms with Crippen molar-refractivity contribution in [2.75, 3.05) is 7.11 Å². The van der Waals surface area contributed by atoms with Crippen LogP contribution in [0.5, 0.6) is 17.2 Å². The second-order valence-electron chi connectivity index (χ2n) is 9.43. The first-order chi connectivity index (χ1) is 16.7. The Balaban J connectivity index is 1.23. The molecule has 0 N–H and O–H groups in total. The number of nitrogens with zero attached hydrogens (tertiary/aromatic N) is 3. The number of aryl methyl sites for hydroxylation is 1. The topological polar surface area (TPSA) is 58.4 Å². The minimum Gasteiger partial charge on any atom is -0.497 e. The van der Waals surface area contributed by atoms with Crippen molar-refractivity contribution < 1.29 is 14.2 Å². The fourth-order valence-electron chi connectivity index (χ4n) is 5.59. The zero-order valence-corrected chi connectivity index (χ0v) is 19.6. The van der Waals surface area contributed by atoms with Gasteiger partial charge in [-0.2, -0.15) is 0 Å². The van der Waals surface area contributed by atoms with Crippen LogP contribution < -0.4 is 14.2 Å². The summed E-state index contributed by atoms with van der Waals surface area (Å²) in [7, 11) is 1.69. The molecule has 3 unspecified atom stereocenters. The zero-order valence-electron chi connectivity index (χ0n) is 19.6. The van der Waals surface area contributed by atoms with Crippen LogP contribution in [-0.2, 0) is 6.61 Å². The van der Waals surface area contributed by atoms with E-state index in [0.717, 1.165) is 57.8 Å². The Labute approximate surface area is 199 Å². The number of hydrogen-bond donors (Lipinski definition) is 0. The third-order valence-corrected chi connectivity index (χ3v) is 7.28. The van der Waals surface area contributed by atoms with E-state index < -0.39 is 0 Å². The first-order valence-electron chi connectivity index (χ1n) is 12.0. The summed E-state index contributed by atoms with van der Waals surface area (Å²) < 4.78 is 20.3. The van der Waals surface area contributed by atoms with Gasteiger partial charge in [0.25, 0.3) is 0 Å². The van der Waals surface area contributed by atoms with Gasteiger partial charge >= 0.3 is 0 Å². The molecule has 0 amide bonds. The average molecular weight is 456 g/mol. The highest BCUT2D eigenvalue weighted by Gasteiger charge is 2.41. The van der Waals surface area contributed by atoms with Crippen LogP contribution in [0.4, 0.5) is 0 Å². The van der Waals surface area contributed by atoms with Gasteiger partial charge in [-0.05, 0) is 80.8 Å². The van der Waals surface area contributed by atoms with Gasteiger partial charge in [0.15, 0.2) is 5.65 Å². The number of aromatic nitrogens is 3. The zero-order chi connectivity index (χ0) is 23.1. The lowest BCUT2D eigenvalue weighted by Crippen LogP contribution is -2.24. The highest BCUT2D eigenvalue weighted by Crippen LogP contribution is 2.46. The van der Waals surface area contributed by atoms with E-state index in [4.69, 9.17) is 14.2 Å². The van der Waals surface area contributed by atoms with E-state index in [1.165, 1.54) is 19.3 Å². The van der Waals surface area contributed by atoms with E-state index in [0.29, 0.717) is 18.6 Å². The molecule has 3 atom stereocenters. The fourth-order valence-corrected chi connectivity index (χ4v) is 5.59. The van der Waals surface area contributed by atoms with Gasteiger partial charge < -0.3 is 14.2 Å². The second kappa shape index (κ2) is 8.67. The summed E-state index contributed by atoms with van der Waals surface area (Å²) in [5, 5.41) is 0. The molecule has 34 heavy (non-hydrogen) atoms. The van der Waals surface area contributed by atoms with Gasteiger partial charge in [0.05, 0.1) is 12.8 Å². The molecule has 2 aromatic carbocycles. The summed E-state index contributed by atoms with van der Waals surface area (Å²) in [6, 6.07) is 17.9. The summed E-state index contributed by atoms with van der Waals surface area (Å²) in [6.45, 7) is 2.41. The summed E-state index contributed by atoms with van der Waals surface area (Å²) in [4.78, 5) is 9.16. The van der Waals surface area contributed by atoms with Crippen molar-refractivity contribution in [3.63, 3.8) is 0 Å². The predicted octanol–water partition coefficient (Wildman–Crippen LogP) is 5.88. The molecule has 174 valence electrons. The summed E-state index contributed by atoms with van der Waals surface area (Å²) in [5.74, 6) is 4.87. The van der Waals surface area contributed by atoms with E-state index in [1.807, 2.05) is 61.5 Å². The lowest BCUT2D eigenvalue weighted by atomic mass is 9.97. The molecule has 2 fully saturated rings. The number of pyridine rings is 1. The smallest absolute Gasteiger partial charge is 0.164 e. The quantitative estimate of drug-likeness (QED) is 0.348. The number of hydrogen-bond acceptors (Lipinski definition) is 5. The molecule has 2 heterocycles. The molecule has 2 aliphatic rings. The Morgan fingerprint density at radius 1 is 1.00 bits per heavy atom. The Kier molecular flexibility index (Phi) is 5.36. The summed E-state index contributed by atoms with van der Waals surface area (Å²) in [5.41, 5.74) is 3.73. The summed E-state index contributed by atoms with van der Waals surface area (Å²) in [6.07, 6.45) is 7.21. The Bertz CT molecular complexity index is 1330. The van der Waals surface area contributed by atoms with Crippen LogP contribution in [0.3, 0.4) is 0 Å². The maximum absolute atomic E-state index is 6.54. The van der Waals surface area contributed by atoms with Crippen LogP contribution in [0, 0.1) is 18.8 Å². The van der Waals surface area contributed by atoms with Crippen molar-refractivity contribution in [2.24, 2.45) is 11.8 Å². The molecule has 0 saturated heterocycles. The molecule has 0 spiro atoms. The van der Waals surface area contributed by atoms with E-state index in [-0.39, 0.29) is 0 Å². The van der Waals surface area contributed by atoms with Crippen molar-refractivity contribution in [3.8, 4) is 22.9 Å². The Morgan fingerprint density at radius 3 is 2.76 bits per heavy atom. The normalized spacial score (nSPS) is 21.2. The molecule has 2 bridgehead atoms. The number of imidazole rings is 1. The minimum atomic E-state index is 0.304. The molecule has 0 aliphatic heterocycles. The lowest BCUT2D eigenvalue weighted by Gasteiger charge is -2.25. The van der Waals surface area contributed by atoms with Gasteiger partial charge in [-0.25, -0.2) is 9.97 Å². The molecule has 2 aromatic heterocycles. The monoisotopic (exact) mass is 455 g/mol. The van der Waals surface area contributed by atoms with Gasteiger partial charge in [0.2, 0.25) is 0 Å². The number of fused-ring (bicyclic) bond motifs is 3. The van der Waals surface area contributed by atoms with E-state index >= 15 is 0 Å². The van der Waals surface area contributed by atoms with Crippen molar-refractivity contribution in [1.82, 2.24) is 14.5 Å². The SMILES string of the molecule is COc1ccc(COc2cccc(-n3c(C)nc4cccnc43)c2)c(OC2CC3CCC2C3)c1. The van der Waals surface area contributed by atoms with Crippen molar-refractivity contribution in [2.45, 2.75) is 45.3 Å². The molecular formula is C28H29N3O3. The first-order valence-corrected chi connectivity index (χ1v) is 12.0. The molecule has 4 aromatic rings.